The number of aromatic amines is 1. The molecule has 0 saturated heterocycles. The number of carbonyl (C=O) groups excluding carboxylic acids is 1. The van der Waals surface area contributed by atoms with Crippen LogP contribution >= 0.6 is 11.8 Å². The van der Waals surface area contributed by atoms with Crippen LogP contribution < -0.4 is 11.0 Å². The number of anilines is 1. The Balaban J connectivity index is 2.06. The maximum absolute atomic E-state index is 12.2. The normalized spacial score (nSPS) is 11.9. The maximum Gasteiger partial charge on any atom is 0.343 e. The maximum atomic E-state index is 12.2. The topological polar surface area (TPSA) is 123 Å². The van der Waals surface area contributed by atoms with Crippen molar-refractivity contribution in [3.8, 4) is 0 Å². The van der Waals surface area contributed by atoms with Crippen molar-refractivity contribution in [2.75, 3.05) is 5.32 Å². The molecule has 1 amide bonds. The van der Waals surface area contributed by atoms with Crippen molar-refractivity contribution >= 4 is 29.0 Å². The van der Waals surface area contributed by atoms with Gasteiger partial charge in [-0.15, -0.1) is 5.10 Å². The molecule has 1 aromatic carbocycles. The highest BCUT2D eigenvalue weighted by atomic mass is 32.2. The Morgan fingerprint density at radius 3 is 2.96 bits per heavy atom. The van der Waals surface area contributed by atoms with E-state index in [1.165, 1.54) is 22.8 Å². The molecule has 2 aromatic rings. The van der Waals surface area contributed by atoms with Gasteiger partial charge < -0.3 is 5.32 Å². The van der Waals surface area contributed by atoms with E-state index in [1.54, 1.807) is 13.0 Å². The van der Waals surface area contributed by atoms with Crippen molar-refractivity contribution in [3.63, 3.8) is 0 Å². The van der Waals surface area contributed by atoms with Crippen LogP contribution in [0.1, 0.15) is 20.3 Å². The number of carbonyl (C=O) groups is 1. The molecule has 1 aromatic heterocycles. The Morgan fingerprint density at radius 2 is 2.29 bits per heavy atom. The molecule has 10 heteroatoms. The van der Waals surface area contributed by atoms with Crippen LogP contribution in [0.15, 0.2) is 34.2 Å². The first-order chi connectivity index (χ1) is 11.4. The first-order valence-electron chi connectivity index (χ1n) is 7.29. The van der Waals surface area contributed by atoms with E-state index in [4.69, 9.17) is 0 Å². The van der Waals surface area contributed by atoms with E-state index < -0.39 is 10.2 Å². The van der Waals surface area contributed by atoms with Crippen molar-refractivity contribution in [3.05, 3.63) is 44.9 Å². The van der Waals surface area contributed by atoms with Gasteiger partial charge in [-0.25, -0.2) is 9.89 Å². The van der Waals surface area contributed by atoms with E-state index in [0.29, 0.717) is 17.4 Å². The lowest BCUT2D eigenvalue weighted by Crippen LogP contribution is -2.24. The lowest BCUT2D eigenvalue weighted by Gasteiger charge is -2.11. The molecule has 9 nitrogen and oxygen atoms in total. The minimum Gasteiger partial charge on any atom is -0.325 e. The highest BCUT2D eigenvalue weighted by Crippen LogP contribution is 2.22. The standard InChI is InChI=1S/C14H17N5O4S/c1-3-7-18-13(21)16-17-14(18)24-9(2)12(20)15-10-5-4-6-11(8-10)19(22)23/h4-6,8-9H,3,7H2,1-2H3,(H,15,20)(H,16,21). The van der Waals surface area contributed by atoms with Gasteiger partial charge in [0.1, 0.15) is 0 Å². The summed E-state index contributed by atoms with van der Waals surface area (Å²) in [7, 11) is 0. The Bertz CT molecular complexity index is 800. The molecular formula is C14H17N5O4S. The van der Waals surface area contributed by atoms with Crippen molar-refractivity contribution in [2.45, 2.75) is 37.2 Å². The van der Waals surface area contributed by atoms with Crippen LogP contribution in [0.5, 0.6) is 0 Å². The number of thioether (sulfide) groups is 1. The largest absolute Gasteiger partial charge is 0.343 e. The molecule has 0 aliphatic rings. The minimum absolute atomic E-state index is 0.0998. The number of H-pyrrole nitrogens is 1. The smallest absolute Gasteiger partial charge is 0.325 e. The number of nitrogens with zero attached hydrogens (tertiary/aromatic N) is 3. The third-order valence-corrected chi connectivity index (χ3v) is 4.24. The fraction of sp³-hybridized carbons (Fsp3) is 0.357. The summed E-state index contributed by atoms with van der Waals surface area (Å²) in [4.78, 5) is 34.1. The van der Waals surface area contributed by atoms with Crippen molar-refractivity contribution in [1.82, 2.24) is 14.8 Å². The molecule has 0 fully saturated rings. The van der Waals surface area contributed by atoms with E-state index in [9.17, 15) is 19.7 Å². The number of nitro benzene ring substituents is 1. The number of hydrogen-bond acceptors (Lipinski definition) is 6. The van der Waals surface area contributed by atoms with Gasteiger partial charge in [-0.3, -0.25) is 19.5 Å². The van der Waals surface area contributed by atoms with Crippen molar-refractivity contribution in [2.24, 2.45) is 0 Å². The molecular weight excluding hydrogens is 334 g/mol. The molecule has 1 heterocycles. The highest BCUT2D eigenvalue weighted by Gasteiger charge is 2.19. The van der Waals surface area contributed by atoms with Gasteiger partial charge in [0.25, 0.3) is 5.69 Å². The van der Waals surface area contributed by atoms with Gasteiger partial charge in [-0.05, 0) is 19.4 Å². The summed E-state index contributed by atoms with van der Waals surface area (Å²) in [6.07, 6.45) is 0.765. The second kappa shape index (κ2) is 7.77. The molecule has 0 bridgehead atoms. The van der Waals surface area contributed by atoms with E-state index in [1.807, 2.05) is 6.92 Å². The third kappa shape index (κ3) is 4.22. The minimum atomic E-state index is -0.532. The van der Waals surface area contributed by atoms with Crippen LogP contribution in [0.25, 0.3) is 0 Å². The number of nitro groups is 1. The summed E-state index contributed by atoms with van der Waals surface area (Å²) >= 11 is 1.14. The molecule has 128 valence electrons. The van der Waals surface area contributed by atoms with Crippen LogP contribution in [-0.2, 0) is 11.3 Å². The molecule has 0 spiro atoms. The Morgan fingerprint density at radius 1 is 1.54 bits per heavy atom. The third-order valence-electron chi connectivity index (χ3n) is 3.15. The van der Waals surface area contributed by atoms with Crippen molar-refractivity contribution in [1.29, 1.82) is 0 Å². The molecule has 1 unspecified atom stereocenters. The van der Waals surface area contributed by atoms with E-state index in [2.05, 4.69) is 15.5 Å². The van der Waals surface area contributed by atoms with Crippen molar-refractivity contribution < 1.29 is 9.72 Å². The number of aromatic nitrogens is 3. The van der Waals surface area contributed by atoms with Gasteiger partial charge in [-0.2, -0.15) is 0 Å². The number of rotatable bonds is 7. The SMILES string of the molecule is CCCn1c(SC(C)C(=O)Nc2cccc([N+](=O)[O-])c2)n[nH]c1=O. The molecule has 0 aliphatic carbocycles. The Labute approximate surface area is 141 Å². The predicted molar refractivity (Wildman–Crippen MR) is 90.2 cm³/mol. The second-order valence-corrected chi connectivity index (χ2v) is 6.33. The lowest BCUT2D eigenvalue weighted by molar-refractivity contribution is -0.384. The van der Waals surface area contributed by atoms with Gasteiger partial charge in [0, 0.05) is 24.4 Å². The quantitative estimate of drug-likeness (QED) is 0.447. The van der Waals surface area contributed by atoms with Gasteiger partial charge >= 0.3 is 5.69 Å². The number of non-ortho nitro benzene ring substituents is 1. The molecule has 24 heavy (non-hydrogen) atoms. The molecule has 2 rings (SSSR count). The van der Waals surface area contributed by atoms with Crippen LogP contribution in [0.4, 0.5) is 11.4 Å². The average molecular weight is 351 g/mol. The summed E-state index contributed by atoms with van der Waals surface area (Å²) < 4.78 is 1.47. The van der Waals surface area contributed by atoms with Gasteiger partial charge in [0.15, 0.2) is 5.16 Å². The number of hydrogen-bond donors (Lipinski definition) is 2. The zero-order chi connectivity index (χ0) is 17.7. The molecule has 1 atom stereocenters. The monoisotopic (exact) mass is 351 g/mol. The Hall–Kier alpha value is -2.62. The summed E-state index contributed by atoms with van der Waals surface area (Å²) in [5.74, 6) is -0.334. The molecule has 0 aliphatic heterocycles. The summed E-state index contributed by atoms with van der Waals surface area (Å²) in [6, 6.07) is 5.71. The fourth-order valence-corrected chi connectivity index (χ4v) is 2.85. The number of benzene rings is 1. The predicted octanol–water partition coefficient (Wildman–Crippen LogP) is 2.01. The number of nitrogens with one attached hydrogen (secondary N) is 2. The summed E-state index contributed by atoms with van der Waals surface area (Å²) in [5.41, 5.74) is -0.0718. The van der Waals surface area contributed by atoms with E-state index in [-0.39, 0.29) is 17.3 Å². The highest BCUT2D eigenvalue weighted by molar-refractivity contribution is 8.00. The van der Waals surface area contributed by atoms with Crippen LogP contribution in [-0.4, -0.2) is 30.8 Å². The molecule has 0 saturated carbocycles. The van der Waals surface area contributed by atoms with E-state index in [0.717, 1.165) is 18.2 Å². The fourth-order valence-electron chi connectivity index (χ4n) is 1.97. The van der Waals surface area contributed by atoms with Gasteiger partial charge in [0.2, 0.25) is 5.91 Å². The Kier molecular flexibility index (Phi) is 5.74. The zero-order valence-electron chi connectivity index (χ0n) is 13.2. The second-order valence-electron chi connectivity index (χ2n) is 5.02. The van der Waals surface area contributed by atoms with Crippen LogP contribution in [0.3, 0.4) is 0 Å². The van der Waals surface area contributed by atoms with Crippen LogP contribution in [0, 0.1) is 10.1 Å². The summed E-state index contributed by atoms with van der Waals surface area (Å²) in [6.45, 7) is 4.12. The zero-order valence-corrected chi connectivity index (χ0v) is 14.0. The average Bonchev–Trinajstić information content (AvgIpc) is 2.88. The first kappa shape index (κ1) is 17.7. The van der Waals surface area contributed by atoms with Gasteiger partial charge in [-0.1, -0.05) is 24.8 Å². The number of amides is 1. The summed E-state index contributed by atoms with van der Waals surface area (Å²) in [5, 5.41) is 19.6. The first-order valence-corrected chi connectivity index (χ1v) is 8.17. The molecule has 2 N–H and O–H groups in total. The lowest BCUT2D eigenvalue weighted by atomic mass is 10.2. The van der Waals surface area contributed by atoms with Crippen LogP contribution in [0.2, 0.25) is 0 Å². The van der Waals surface area contributed by atoms with E-state index >= 15 is 0 Å². The molecule has 0 radical (unpaired) electrons. The van der Waals surface area contributed by atoms with Gasteiger partial charge in [0.05, 0.1) is 10.2 Å².